The van der Waals surface area contributed by atoms with Gasteiger partial charge in [-0.05, 0) is 75.9 Å². The summed E-state index contributed by atoms with van der Waals surface area (Å²) in [6.45, 7) is 8.78. The molecule has 1 atom stereocenters. The highest BCUT2D eigenvalue weighted by Crippen LogP contribution is 2.33. The maximum absolute atomic E-state index is 13.2. The monoisotopic (exact) mass is 495 g/mol. The van der Waals surface area contributed by atoms with Crippen LogP contribution in [0.15, 0.2) is 47.5 Å². The van der Waals surface area contributed by atoms with Gasteiger partial charge < -0.3 is 15.4 Å². The molecule has 0 aliphatic carbocycles. The van der Waals surface area contributed by atoms with E-state index in [4.69, 9.17) is 10.5 Å². The standard InChI is InChI=1S/C25H29N5O4S/c1-15-13-16(2)23(17(3)14-15)34-25-19(10-11-21(28-25)30-12-6-7-18(30)4)24(31)29-35(32,33)22-9-5-8-20(26)27-22/h5,8-11,13-14,18H,6-7,12H2,1-4H3,(H2,26,27)(H,29,31). The number of hydrogen-bond donors (Lipinski definition) is 2. The van der Waals surface area contributed by atoms with Crippen LogP contribution in [0.1, 0.15) is 46.8 Å². The van der Waals surface area contributed by atoms with E-state index >= 15 is 0 Å². The Bertz CT molecular complexity index is 1370. The Kier molecular flexibility index (Phi) is 6.66. The van der Waals surface area contributed by atoms with E-state index in [1.54, 1.807) is 12.1 Å². The highest BCUT2D eigenvalue weighted by molar-refractivity contribution is 7.90. The normalized spacial score (nSPS) is 15.8. The Labute approximate surface area is 205 Å². The molecule has 0 bridgehead atoms. The number of nitrogen functional groups attached to an aromatic ring is 1. The number of sulfonamides is 1. The van der Waals surface area contributed by atoms with Crippen LogP contribution in [0.4, 0.5) is 11.6 Å². The largest absolute Gasteiger partial charge is 0.438 e. The van der Waals surface area contributed by atoms with Crippen LogP contribution in [0.25, 0.3) is 0 Å². The summed E-state index contributed by atoms with van der Waals surface area (Å²) >= 11 is 0. The minimum absolute atomic E-state index is 0.00699. The number of aromatic nitrogens is 2. The van der Waals surface area contributed by atoms with Gasteiger partial charge >= 0.3 is 0 Å². The van der Waals surface area contributed by atoms with Crippen molar-refractivity contribution in [3.8, 4) is 11.6 Å². The molecular formula is C25H29N5O4S. The van der Waals surface area contributed by atoms with Crippen molar-refractivity contribution in [2.45, 2.75) is 51.6 Å². The molecule has 1 aromatic carbocycles. The molecule has 1 unspecified atom stereocenters. The van der Waals surface area contributed by atoms with Crippen LogP contribution in [-0.2, 0) is 10.0 Å². The first-order valence-electron chi connectivity index (χ1n) is 11.4. The number of nitrogens with two attached hydrogens (primary N) is 1. The second-order valence-electron chi connectivity index (χ2n) is 8.87. The highest BCUT2D eigenvalue weighted by atomic mass is 32.2. The van der Waals surface area contributed by atoms with Gasteiger partial charge in [0.05, 0.1) is 0 Å². The topological polar surface area (TPSA) is 128 Å². The Hall–Kier alpha value is -3.66. The van der Waals surface area contributed by atoms with Gasteiger partial charge in [-0.1, -0.05) is 23.8 Å². The van der Waals surface area contributed by atoms with E-state index in [9.17, 15) is 13.2 Å². The quantitative estimate of drug-likeness (QED) is 0.527. The second kappa shape index (κ2) is 9.53. The number of carbonyl (C=O) groups excluding carboxylic acids is 1. The Balaban J connectivity index is 1.73. The maximum Gasteiger partial charge on any atom is 0.281 e. The van der Waals surface area contributed by atoms with Crippen molar-refractivity contribution in [2.75, 3.05) is 17.2 Å². The molecule has 0 spiro atoms. The molecule has 0 radical (unpaired) electrons. The molecule has 0 saturated carbocycles. The van der Waals surface area contributed by atoms with Gasteiger partial charge in [-0.15, -0.1) is 0 Å². The van der Waals surface area contributed by atoms with Gasteiger partial charge in [0.25, 0.3) is 15.9 Å². The first kappa shape index (κ1) is 24.5. The average molecular weight is 496 g/mol. The number of rotatable bonds is 6. The van der Waals surface area contributed by atoms with Crippen molar-refractivity contribution in [3.63, 3.8) is 0 Å². The summed E-state index contributed by atoms with van der Waals surface area (Å²) in [5.41, 5.74) is 8.45. The lowest BCUT2D eigenvalue weighted by Crippen LogP contribution is -2.32. The third kappa shape index (κ3) is 5.22. The third-order valence-electron chi connectivity index (χ3n) is 5.99. The van der Waals surface area contributed by atoms with Crippen LogP contribution in [0.5, 0.6) is 11.6 Å². The van der Waals surface area contributed by atoms with Gasteiger partial charge in [0.1, 0.15) is 22.9 Å². The van der Waals surface area contributed by atoms with E-state index in [0.29, 0.717) is 17.6 Å². The van der Waals surface area contributed by atoms with Crippen LogP contribution < -0.4 is 20.1 Å². The smallest absolute Gasteiger partial charge is 0.281 e. The molecule has 4 rings (SSSR count). The number of hydrogen-bond acceptors (Lipinski definition) is 8. The van der Waals surface area contributed by atoms with Crippen LogP contribution in [0.3, 0.4) is 0 Å². The first-order valence-corrected chi connectivity index (χ1v) is 12.9. The summed E-state index contributed by atoms with van der Waals surface area (Å²) in [4.78, 5) is 23.8. The number of nitrogens with one attached hydrogen (secondary N) is 1. The fraction of sp³-hybridized carbons (Fsp3) is 0.320. The van der Waals surface area contributed by atoms with Gasteiger partial charge in [0, 0.05) is 12.6 Å². The van der Waals surface area contributed by atoms with E-state index in [2.05, 4.69) is 26.5 Å². The van der Waals surface area contributed by atoms with E-state index in [1.807, 2.05) is 32.9 Å². The molecule has 3 N–H and O–H groups in total. The van der Waals surface area contributed by atoms with Gasteiger partial charge in [0.2, 0.25) is 5.88 Å². The molecule has 1 saturated heterocycles. The first-order chi connectivity index (χ1) is 16.5. The summed E-state index contributed by atoms with van der Waals surface area (Å²) in [6, 6.07) is 11.7. The molecular weight excluding hydrogens is 466 g/mol. The zero-order valence-electron chi connectivity index (χ0n) is 20.2. The van der Waals surface area contributed by atoms with E-state index in [1.165, 1.54) is 18.2 Å². The number of nitrogens with zero attached hydrogens (tertiary/aromatic N) is 3. The van der Waals surface area contributed by atoms with Crippen molar-refractivity contribution in [3.05, 3.63) is 64.7 Å². The Morgan fingerprint density at radius 1 is 1.11 bits per heavy atom. The number of carbonyl (C=O) groups is 1. The second-order valence-corrected chi connectivity index (χ2v) is 10.5. The lowest BCUT2D eigenvalue weighted by molar-refractivity contribution is 0.0978. The molecule has 1 aliphatic heterocycles. The van der Waals surface area contributed by atoms with E-state index < -0.39 is 15.9 Å². The summed E-state index contributed by atoms with van der Waals surface area (Å²) in [7, 11) is -4.26. The lowest BCUT2D eigenvalue weighted by atomic mass is 10.1. The highest BCUT2D eigenvalue weighted by Gasteiger charge is 2.27. The number of anilines is 2. The number of amides is 1. The SMILES string of the molecule is Cc1cc(C)c(Oc2nc(N3CCCC3C)ccc2C(=O)NS(=O)(=O)c2cccc(N)n2)c(C)c1. The molecule has 10 heteroatoms. The molecule has 3 aromatic rings. The molecule has 1 aliphatic rings. The van der Waals surface area contributed by atoms with Gasteiger partial charge in [-0.25, -0.2) is 9.71 Å². The van der Waals surface area contributed by atoms with Crippen molar-refractivity contribution in [2.24, 2.45) is 0 Å². The molecule has 1 fully saturated rings. The lowest BCUT2D eigenvalue weighted by Gasteiger charge is -2.24. The van der Waals surface area contributed by atoms with Crippen molar-refractivity contribution in [1.29, 1.82) is 0 Å². The van der Waals surface area contributed by atoms with Crippen LogP contribution >= 0.6 is 0 Å². The van der Waals surface area contributed by atoms with Crippen LogP contribution in [-0.4, -0.2) is 36.9 Å². The molecule has 35 heavy (non-hydrogen) atoms. The van der Waals surface area contributed by atoms with Gasteiger partial charge in [0.15, 0.2) is 5.03 Å². The zero-order chi connectivity index (χ0) is 25.3. The number of ether oxygens (including phenoxy) is 1. The molecule has 184 valence electrons. The van der Waals surface area contributed by atoms with Gasteiger partial charge in [-0.2, -0.15) is 13.4 Å². The summed E-state index contributed by atoms with van der Waals surface area (Å²) in [5.74, 6) is 0.430. The third-order valence-corrected chi connectivity index (χ3v) is 7.22. The number of pyridine rings is 2. The van der Waals surface area contributed by atoms with Crippen molar-refractivity contribution < 1.29 is 17.9 Å². The van der Waals surface area contributed by atoms with Crippen LogP contribution in [0, 0.1) is 20.8 Å². The fourth-order valence-corrected chi connectivity index (χ4v) is 5.29. The van der Waals surface area contributed by atoms with Crippen LogP contribution in [0.2, 0.25) is 0 Å². The minimum Gasteiger partial charge on any atom is -0.438 e. The molecule has 9 nitrogen and oxygen atoms in total. The van der Waals surface area contributed by atoms with Crippen molar-refractivity contribution >= 4 is 27.6 Å². The summed E-state index contributed by atoms with van der Waals surface area (Å²) in [5, 5.41) is -0.353. The van der Waals surface area contributed by atoms with Crippen molar-refractivity contribution in [1.82, 2.24) is 14.7 Å². The summed E-state index contributed by atoms with van der Waals surface area (Å²) < 4.78 is 33.8. The van der Waals surface area contributed by atoms with Gasteiger partial charge in [-0.3, -0.25) is 4.79 Å². The zero-order valence-corrected chi connectivity index (χ0v) is 21.0. The van der Waals surface area contributed by atoms with E-state index in [0.717, 1.165) is 36.1 Å². The molecule has 1 amide bonds. The summed E-state index contributed by atoms with van der Waals surface area (Å²) in [6.07, 6.45) is 2.09. The fourth-order valence-electron chi connectivity index (χ4n) is 4.35. The average Bonchev–Trinajstić information content (AvgIpc) is 3.21. The molecule has 2 aromatic heterocycles. The predicted octanol–water partition coefficient (Wildman–Crippen LogP) is 3.88. The number of aryl methyl sites for hydroxylation is 3. The van der Waals surface area contributed by atoms with E-state index in [-0.39, 0.29) is 22.3 Å². The number of benzene rings is 1. The Morgan fingerprint density at radius 3 is 2.46 bits per heavy atom. The predicted molar refractivity (Wildman–Crippen MR) is 134 cm³/mol. The molecule has 3 heterocycles. The Morgan fingerprint density at radius 2 is 1.83 bits per heavy atom. The maximum atomic E-state index is 13.2. The minimum atomic E-state index is -4.26.